The van der Waals surface area contributed by atoms with Crippen molar-refractivity contribution in [2.45, 2.75) is 33.1 Å². The predicted octanol–water partition coefficient (Wildman–Crippen LogP) is 4.19. The number of aliphatic imine (C=N–C) groups is 1. The summed E-state index contributed by atoms with van der Waals surface area (Å²) in [6.07, 6.45) is 1.97. The van der Waals surface area contributed by atoms with Gasteiger partial charge in [0.25, 0.3) is 0 Å². The van der Waals surface area contributed by atoms with Crippen molar-refractivity contribution in [2.24, 2.45) is 4.99 Å². The molecule has 0 saturated heterocycles. The highest BCUT2D eigenvalue weighted by Crippen LogP contribution is 2.32. The van der Waals surface area contributed by atoms with Crippen LogP contribution in [0.25, 0.3) is 0 Å². The van der Waals surface area contributed by atoms with E-state index in [1.54, 1.807) is 4.90 Å². The summed E-state index contributed by atoms with van der Waals surface area (Å²) >= 11 is 0. The molecule has 28 heavy (non-hydrogen) atoms. The molecule has 0 aliphatic carbocycles. The minimum Gasteiger partial charge on any atom is -0.341 e. The van der Waals surface area contributed by atoms with Gasteiger partial charge < -0.3 is 9.80 Å². The lowest BCUT2D eigenvalue weighted by Crippen LogP contribution is -2.43. The molecule has 3 rings (SSSR count). The molecular formula is C23H27N3O2. The van der Waals surface area contributed by atoms with Gasteiger partial charge in [0.2, 0.25) is 11.8 Å². The summed E-state index contributed by atoms with van der Waals surface area (Å²) in [4.78, 5) is 34.2. The average molecular weight is 377 g/mol. The summed E-state index contributed by atoms with van der Waals surface area (Å²) in [6.45, 7) is 5.59. The van der Waals surface area contributed by atoms with Gasteiger partial charge in [-0.1, -0.05) is 56.3 Å². The Balaban J connectivity index is 1.91. The Bertz CT molecular complexity index is 855. The zero-order chi connectivity index (χ0) is 19.9. The van der Waals surface area contributed by atoms with Gasteiger partial charge in [-0.25, -0.2) is 0 Å². The number of carbonyl (C=O) groups is 2. The molecule has 5 nitrogen and oxygen atoms in total. The maximum Gasteiger partial charge on any atom is 0.242 e. The molecule has 146 valence electrons. The standard InChI is InChI=1S/C23H27N3O2/c1-3-14-25(15-4-2)23(28)17-26-21-13-9-8-12-19(21)24-20(16-22(26)27)18-10-6-5-7-11-18/h5-13H,3-4,14-17H2,1-2H3. The van der Waals surface area contributed by atoms with Gasteiger partial charge >= 0.3 is 0 Å². The first-order chi connectivity index (χ1) is 13.6. The summed E-state index contributed by atoms with van der Waals surface area (Å²) in [5.41, 5.74) is 3.07. The average Bonchev–Trinajstić information content (AvgIpc) is 2.85. The molecule has 0 unspecified atom stereocenters. The van der Waals surface area contributed by atoms with Crippen molar-refractivity contribution in [2.75, 3.05) is 24.5 Å². The molecule has 1 heterocycles. The number of para-hydroxylation sites is 2. The Morgan fingerprint density at radius 3 is 2.32 bits per heavy atom. The minimum atomic E-state index is -0.103. The number of benzene rings is 2. The molecule has 0 spiro atoms. The van der Waals surface area contributed by atoms with Crippen LogP contribution in [0.5, 0.6) is 0 Å². The van der Waals surface area contributed by atoms with Crippen molar-refractivity contribution >= 4 is 28.9 Å². The largest absolute Gasteiger partial charge is 0.341 e. The zero-order valence-corrected chi connectivity index (χ0v) is 16.6. The molecular weight excluding hydrogens is 350 g/mol. The van der Waals surface area contributed by atoms with Crippen LogP contribution in [0.3, 0.4) is 0 Å². The van der Waals surface area contributed by atoms with Crippen molar-refractivity contribution in [3.8, 4) is 0 Å². The normalized spacial score (nSPS) is 13.6. The van der Waals surface area contributed by atoms with E-state index in [0.717, 1.165) is 29.8 Å². The second kappa shape index (κ2) is 9.31. The molecule has 0 fully saturated rings. The van der Waals surface area contributed by atoms with E-state index in [1.807, 2.05) is 59.5 Å². The Labute approximate surface area is 166 Å². The van der Waals surface area contributed by atoms with Crippen LogP contribution >= 0.6 is 0 Å². The lowest BCUT2D eigenvalue weighted by Gasteiger charge is -2.27. The number of rotatable bonds is 7. The van der Waals surface area contributed by atoms with E-state index in [9.17, 15) is 9.59 Å². The van der Waals surface area contributed by atoms with E-state index in [1.165, 1.54) is 0 Å². The van der Waals surface area contributed by atoms with Crippen LogP contribution in [0.15, 0.2) is 59.6 Å². The smallest absolute Gasteiger partial charge is 0.242 e. The van der Waals surface area contributed by atoms with Crippen LogP contribution in [0.4, 0.5) is 11.4 Å². The highest BCUT2D eigenvalue weighted by Gasteiger charge is 2.27. The van der Waals surface area contributed by atoms with Crippen LogP contribution < -0.4 is 4.90 Å². The van der Waals surface area contributed by atoms with E-state index < -0.39 is 0 Å². The molecule has 0 saturated carbocycles. The molecule has 5 heteroatoms. The van der Waals surface area contributed by atoms with Gasteiger partial charge in [-0.2, -0.15) is 0 Å². The van der Waals surface area contributed by atoms with Crippen LogP contribution in [0.1, 0.15) is 38.7 Å². The summed E-state index contributed by atoms with van der Waals surface area (Å²) < 4.78 is 0. The van der Waals surface area contributed by atoms with E-state index >= 15 is 0 Å². The fourth-order valence-electron chi connectivity index (χ4n) is 3.45. The minimum absolute atomic E-state index is 0.0185. The van der Waals surface area contributed by atoms with Crippen molar-refractivity contribution in [1.29, 1.82) is 0 Å². The monoisotopic (exact) mass is 377 g/mol. The molecule has 0 N–H and O–H groups in total. The SMILES string of the molecule is CCCN(CCC)C(=O)CN1C(=O)CC(c2ccccc2)=Nc2ccccc21. The molecule has 0 bridgehead atoms. The Morgan fingerprint density at radius 1 is 1.00 bits per heavy atom. The topological polar surface area (TPSA) is 53.0 Å². The van der Waals surface area contributed by atoms with E-state index in [-0.39, 0.29) is 24.8 Å². The van der Waals surface area contributed by atoms with Crippen molar-refractivity contribution in [3.05, 3.63) is 60.2 Å². The lowest BCUT2D eigenvalue weighted by molar-refractivity contribution is -0.131. The van der Waals surface area contributed by atoms with Crippen molar-refractivity contribution in [3.63, 3.8) is 0 Å². The van der Waals surface area contributed by atoms with Gasteiger partial charge in [-0.05, 0) is 30.5 Å². The highest BCUT2D eigenvalue weighted by atomic mass is 16.2. The predicted molar refractivity (Wildman–Crippen MR) is 113 cm³/mol. The summed E-state index contributed by atoms with van der Waals surface area (Å²) in [5.74, 6) is -0.121. The number of hydrogen-bond acceptors (Lipinski definition) is 3. The van der Waals surface area contributed by atoms with Crippen LogP contribution in [0, 0.1) is 0 Å². The zero-order valence-electron chi connectivity index (χ0n) is 16.6. The van der Waals surface area contributed by atoms with Gasteiger partial charge in [0.15, 0.2) is 0 Å². The van der Waals surface area contributed by atoms with E-state index in [0.29, 0.717) is 18.8 Å². The third-order valence-corrected chi connectivity index (χ3v) is 4.79. The maximum atomic E-state index is 13.1. The number of fused-ring (bicyclic) bond motifs is 1. The lowest BCUT2D eigenvalue weighted by atomic mass is 10.1. The molecule has 1 aliphatic heterocycles. The first kappa shape index (κ1) is 19.8. The fraction of sp³-hybridized carbons (Fsp3) is 0.348. The van der Waals surface area contributed by atoms with Crippen LogP contribution in [0.2, 0.25) is 0 Å². The van der Waals surface area contributed by atoms with Crippen molar-refractivity contribution < 1.29 is 9.59 Å². The summed E-state index contributed by atoms with van der Waals surface area (Å²) in [7, 11) is 0. The Morgan fingerprint density at radius 2 is 1.64 bits per heavy atom. The van der Waals surface area contributed by atoms with E-state index in [4.69, 9.17) is 4.99 Å². The molecule has 0 radical (unpaired) electrons. The molecule has 0 aromatic heterocycles. The third-order valence-electron chi connectivity index (χ3n) is 4.79. The quantitative estimate of drug-likeness (QED) is 0.726. The Kier molecular flexibility index (Phi) is 6.58. The summed E-state index contributed by atoms with van der Waals surface area (Å²) in [5, 5.41) is 0. The molecule has 2 aromatic carbocycles. The number of anilines is 1. The first-order valence-corrected chi connectivity index (χ1v) is 9.94. The van der Waals surface area contributed by atoms with Gasteiger partial charge in [0.05, 0.1) is 23.5 Å². The highest BCUT2D eigenvalue weighted by molar-refractivity contribution is 6.18. The van der Waals surface area contributed by atoms with Gasteiger partial charge in [-0.15, -0.1) is 0 Å². The van der Waals surface area contributed by atoms with Crippen LogP contribution in [-0.4, -0.2) is 42.1 Å². The third kappa shape index (κ3) is 4.47. The van der Waals surface area contributed by atoms with Gasteiger partial charge in [0, 0.05) is 13.1 Å². The molecule has 2 amide bonds. The van der Waals surface area contributed by atoms with Crippen molar-refractivity contribution in [1.82, 2.24) is 4.90 Å². The fourth-order valence-corrected chi connectivity index (χ4v) is 3.45. The van der Waals surface area contributed by atoms with Crippen LogP contribution in [-0.2, 0) is 9.59 Å². The second-order valence-electron chi connectivity index (χ2n) is 6.95. The number of nitrogens with zero attached hydrogens (tertiary/aromatic N) is 3. The van der Waals surface area contributed by atoms with Gasteiger partial charge in [-0.3, -0.25) is 14.6 Å². The Hall–Kier alpha value is -2.95. The molecule has 1 aliphatic rings. The number of amides is 2. The first-order valence-electron chi connectivity index (χ1n) is 9.94. The van der Waals surface area contributed by atoms with Gasteiger partial charge in [0.1, 0.15) is 6.54 Å². The summed E-state index contributed by atoms with van der Waals surface area (Å²) in [6, 6.07) is 17.3. The number of carbonyl (C=O) groups excluding carboxylic acids is 2. The number of hydrogen-bond donors (Lipinski definition) is 0. The second-order valence-corrected chi connectivity index (χ2v) is 6.95. The van der Waals surface area contributed by atoms with E-state index in [2.05, 4.69) is 13.8 Å². The molecule has 0 atom stereocenters. The maximum absolute atomic E-state index is 13.1. The molecule has 2 aromatic rings.